The predicted molar refractivity (Wildman–Crippen MR) is 88.7 cm³/mol. The second kappa shape index (κ2) is 6.41. The number of hydrogen-bond acceptors (Lipinski definition) is 2. The standard InChI is InChI=1S/C18H18ClNO2/c1-13(22-16-10-8-15(19)9-11-16)18(21)20-12-4-6-14-5-2-3-7-17(14)20/h2-3,5,7-11,13H,4,6,12H2,1H3/t13-/m1/s1. The number of hydrogen-bond donors (Lipinski definition) is 0. The lowest BCUT2D eigenvalue weighted by molar-refractivity contribution is -0.124. The molecule has 0 aromatic heterocycles. The van der Waals surface area contributed by atoms with Crippen molar-refractivity contribution in [2.24, 2.45) is 0 Å². The van der Waals surface area contributed by atoms with Crippen LogP contribution in [0.15, 0.2) is 48.5 Å². The molecule has 0 saturated carbocycles. The number of fused-ring (bicyclic) bond motifs is 1. The number of rotatable bonds is 3. The fraction of sp³-hybridized carbons (Fsp3) is 0.278. The maximum absolute atomic E-state index is 12.7. The van der Waals surface area contributed by atoms with Gasteiger partial charge in [-0.1, -0.05) is 29.8 Å². The van der Waals surface area contributed by atoms with Crippen LogP contribution in [0, 0.1) is 0 Å². The van der Waals surface area contributed by atoms with E-state index in [2.05, 4.69) is 6.07 Å². The van der Waals surface area contributed by atoms with Crippen LogP contribution in [0.4, 0.5) is 5.69 Å². The Morgan fingerprint density at radius 2 is 1.91 bits per heavy atom. The van der Waals surface area contributed by atoms with Gasteiger partial charge in [-0.25, -0.2) is 0 Å². The molecule has 1 amide bonds. The lowest BCUT2D eigenvalue weighted by Gasteiger charge is -2.31. The number of amides is 1. The minimum atomic E-state index is -0.535. The summed E-state index contributed by atoms with van der Waals surface area (Å²) in [5, 5.41) is 0.649. The van der Waals surface area contributed by atoms with Crippen LogP contribution in [0.5, 0.6) is 5.75 Å². The summed E-state index contributed by atoms with van der Waals surface area (Å²) >= 11 is 5.86. The summed E-state index contributed by atoms with van der Waals surface area (Å²) in [6.45, 7) is 2.53. The Kier molecular flexibility index (Phi) is 4.34. The normalized spacial score (nSPS) is 15.1. The van der Waals surface area contributed by atoms with E-state index in [0.717, 1.165) is 25.1 Å². The molecule has 22 heavy (non-hydrogen) atoms. The summed E-state index contributed by atoms with van der Waals surface area (Å²) in [6, 6.07) is 15.1. The Hall–Kier alpha value is -2.00. The van der Waals surface area contributed by atoms with Crippen LogP contribution in [-0.2, 0) is 11.2 Å². The van der Waals surface area contributed by atoms with Gasteiger partial charge in [0.25, 0.3) is 5.91 Å². The van der Waals surface area contributed by atoms with Gasteiger partial charge in [-0.2, -0.15) is 0 Å². The van der Waals surface area contributed by atoms with Gasteiger partial charge in [-0.15, -0.1) is 0 Å². The first-order valence-electron chi connectivity index (χ1n) is 7.46. The summed E-state index contributed by atoms with van der Waals surface area (Å²) in [5.74, 6) is 0.637. The molecule has 4 heteroatoms. The molecule has 0 spiro atoms. The van der Waals surface area contributed by atoms with Gasteiger partial charge in [0.15, 0.2) is 6.10 Å². The first-order valence-corrected chi connectivity index (χ1v) is 7.84. The van der Waals surface area contributed by atoms with Gasteiger partial charge in [0, 0.05) is 17.3 Å². The van der Waals surface area contributed by atoms with E-state index in [0.29, 0.717) is 10.8 Å². The first kappa shape index (κ1) is 14.9. The maximum Gasteiger partial charge on any atom is 0.267 e. The number of benzene rings is 2. The van der Waals surface area contributed by atoms with Gasteiger partial charge in [0.2, 0.25) is 0 Å². The van der Waals surface area contributed by atoms with E-state index < -0.39 is 6.10 Å². The summed E-state index contributed by atoms with van der Waals surface area (Å²) in [5.41, 5.74) is 2.23. The molecule has 1 heterocycles. The molecule has 114 valence electrons. The molecule has 0 unspecified atom stereocenters. The summed E-state index contributed by atoms with van der Waals surface area (Å²) in [6.07, 6.45) is 1.47. The quantitative estimate of drug-likeness (QED) is 0.854. The summed E-state index contributed by atoms with van der Waals surface area (Å²) in [4.78, 5) is 14.5. The van der Waals surface area contributed by atoms with Crippen LogP contribution in [0.1, 0.15) is 18.9 Å². The average Bonchev–Trinajstić information content (AvgIpc) is 2.55. The van der Waals surface area contributed by atoms with Crippen LogP contribution < -0.4 is 9.64 Å². The third-order valence-corrected chi connectivity index (χ3v) is 4.10. The van der Waals surface area contributed by atoms with Crippen LogP contribution in [0.3, 0.4) is 0 Å². The Morgan fingerprint density at radius 3 is 2.68 bits per heavy atom. The van der Waals surface area contributed by atoms with Crippen molar-refractivity contribution in [3.05, 3.63) is 59.1 Å². The molecular formula is C18H18ClNO2. The molecule has 2 aromatic carbocycles. The Balaban J connectivity index is 1.75. The number of halogens is 1. The highest BCUT2D eigenvalue weighted by atomic mass is 35.5. The van der Waals surface area contributed by atoms with Crippen LogP contribution in [0.2, 0.25) is 5.02 Å². The Labute approximate surface area is 135 Å². The molecule has 0 N–H and O–H groups in total. The number of ether oxygens (including phenoxy) is 1. The molecule has 0 radical (unpaired) electrons. The van der Waals surface area contributed by atoms with Crippen molar-refractivity contribution in [3.63, 3.8) is 0 Å². The largest absolute Gasteiger partial charge is 0.481 e. The van der Waals surface area contributed by atoms with E-state index in [4.69, 9.17) is 16.3 Å². The SMILES string of the molecule is C[C@@H](Oc1ccc(Cl)cc1)C(=O)N1CCCc2ccccc21. The number of anilines is 1. The van der Waals surface area contributed by atoms with Crippen molar-refractivity contribution in [3.8, 4) is 5.75 Å². The zero-order chi connectivity index (χ0) is 15.5. The molecule has 0 bridgehead atoms. The van der Waals surface area contributed by atoms with E-state index in [-0.39, 0.29) is 5.91 Å². The van der Waals surface area contributed by atoms with Gasteiger partial charge in [0.1, 0.15) is 5.75 Å². The average molecular weight is 316 g/mol. The van der Waals surface area contributed by atoms with Crippen LogP contribution in [0.25, 0.3) is 0 Å². The fourth-order valence-corrected chi connectivity index (χ4v) is 2.88. The second-order valence-corrected chi connectivity index (χ2v) is 5.87. The predicted octanol–water partition coefficient (Wildman–Crippen LogP) is 4.09. The molecule has 3 nitrogen and oxygen atoms in total. The molecular weight excluding hydrogens is 298 g/mol. The highest BCUT2D eigenvalue weighted by Crippen LogP contribution is 2.27. The van der Waals surface area contributed by atoms with Crippen molar-refractivity contribution in [1.82, 2.24) is 0 Å². The molecule has 0 aliphatic carbocycles. The van der Waals surface area contributed by atoms with Crippen molar-refractivity contribution in [2.45, 2.75) is 25.9 Å². The van der Waals surface area contributed by atoms with E-state index >= 15 is 0 Å². The maximum atomic E-state index is 12.7. The molecule has 1 aliphatic rings. The van der Waals surface area contributed by atoms with Gasteiger partial charge >= 0.3 is 0 Å². The topological polar surface area (TPSA) is 29.5 Å². The molecule has 1 atom stereocenters. The molecule has 1 aliphatic heterocycles. The Morgan fingerprint density at radius 1 is 1.18 bits per heavy atom. The number of carbonyl (C=O) groups is 1. The summed E-state index contributed by atoms with van der Waals surface area (Å²) in [7, 11) is 0. The minimum absolute atomic E-state index is 0.0119. The van der Waals surface area contributed by atoms with Crippen LogP contribution in [-0.4, -0.2) is 18.6 Å². The van der Waals surface area contributed by atoms with Crippen molar-refractivity contribution in [2.75, 3.05) is 11.4 Å². The zero-order valence-corrected chi connectivity index (χ0v) is 13.2. The lowest BCUT2D eigenvalue weighted by atomic mass is 10.0. The number of aryl methyl sites for hydroxylation is 1. The Bertz CT molecular complexity index is 669. The van der Waals surface area contributed by atoms with Gasteiger partial charge in [0.05, 0.1) is 0 Å². The third-order valence-electron chi connectivity index (χ3n) is 3.85. The molecule has 3 rings (SSSR count). The van der Waals surface area contributed by atoms with E-state index in [9.17, 15) is 4.79 Å². The number of carbonyl (C=O) groups excluding carboxylic acids is 1. The fourth-order valence-electron chi connectivity index (χ4n) is 2.75. The number of nitrogens with zero attached hydrogens (tertiary/aromatic N) is 1. The van der Waals surface area contributed by atoms with Gasteiger partial charge in [-0.3, -0.25) is 4.79 Å². The van der Waals surface area contributed by atoms with Gasteiger partial charge < -0.3 is 9.64 Å². The minimum Gasteiger partial charge on any atom is -0.481 e. The zero-order valence-electron chi connectivity index (χ0n) is 12.5. The monoisotopic (exact) mass is 315 g/mol. The van der Waals surface area contributed by atoms with Gasteiger partial charge in [-0.05, 0) is 55.7 Å². The van der Waals surface area contributed by atoms with E-state index in [1.54, 1.807) is 31.2 Å². The second-order valence-electron chi connectivity index (χ2n) is 5.44. The summed E-state index contributed by atoms with van der Waals surface area (Å²) < 4.78 is 5.75. The molecule has 0 fully saturated rings. The number of para-hydroxylation sites is 1. The highest BCUT2D eigenvalue weighted by molar-refractivity contribution is 6.30. The molecule has 0 saturated heterocycles. The van der Waals surface area contributed by atoms with Crippen LogP contribution >= 0.6 is 11.6 Å². The highest BCUT2D eigenvalue weighted by Gasteiger charge is 2.27. The van der Waals surface area contributed by atoms with Crippen molar-refractivity contribution >= 4 is 23.2 Å². The smallest absolute Gasteiger partial charge is 0.267 e. The first-order chi connectivity index (χ1) is 10.6. The molecule has 2 aromatic rings. The van der Waals surface area contributed by atoms with Crippen molar-refractivity contribution in [1.29, 1.82) is 0 Å². The third kappa shape index (κ3) is 3.09. The van der Waals surface area contributed by atoms with E-state index in [1.807, 2.05) is 23.1 Å². The van der Waals surface area contributed by atoms with Crippen molar-refractivity contribution < 1.29 is 9.53 Å². The van der Waals surface area contributed by atoms with E-state index in [1.165, 1.54) is 5.56 Å². The lowest BCUT2D eigenvalue weighted by Crippen LogP contribution is -2.43.